The average molecular weight is 581 g/mol. The van der Waals surface area contributed by atoms with Crippen LogP contribution in [0.25, 0.3) is 0 Å². The summed E-state index contributed by atoms with van der Waals surface area (Å²) in [5.41, 5.74) is 6.09. The zero-order valence-electron chi connectivity index (χ0n) is 21.3. The van der Waals surface area contributed by atoms with Gasteiger partial charge in [-0.3, -0.25) is 4.79 Å². The molecule has 0 saturated carbocycles. The second kappa shape index (κ2) is 11.8. The van der Waals surface area contributed by atoms with Gasteiger partial charge < -0.3 is 25.4 Å². The van der Waals surface area contributed by atoms with E-state index in [0.717, 1.165) is 26.9 Å². The minimum Gasteiger partial charge on any atom is -0.490 e. The van der Waals surface area contributed by atoms with E-state index in [1.165, 1.54) is 5.56 Å². The standard InChI is InChI=1S/C29H30BrN3O3S/c1-5-35-24-14-22(23(30)15-25(24)36-16-20-9-7-6-8-10-20)27-26(19(4)31-29(37)33-27)28(34)32-21-12-11-17(2)18(3)13-21/h6-15,27H,5,16H2,1-4H3,(H,32,34)(H2,31,33,37)/t27-/m1/s1. The molecule has 0 unspecified atom stereocenters. The summed E-state index contributed by atoms with van der Waals surface area (Å²) in [7, 11) is 0. The van der Waals surface area contributed by atoms with Gasteiger partial charge in [-0.1, -0.05) is 52.3 Å². The first-order valence-corrected chi connectivity index (χ1v) is 13.3. The molecule has 3 aromatic carbocycles. The van der Waals surface area contributed by atoms with E-state index in [1.807, 2.05) is 88.4 Å². The Balaban J connectivity index is 1.67. The third-order valence-electron chi connectivity index (χ3n) is 6.19. The highest BCUT2D eigenvalue weighted by Crippen LogP contribution is 2.40. The Kier molecular flexibility index (Phi) is 8.51. The third-order valence-corrected chi connectivity index (χ3v) is 7.10. The Morgan fingerprint density at radius 3 is 2.43 bits per heavy atom. The number of rotatable bonds is 8. The summed E-state index contributed by atoms with van der Waals surface area (Å²) in [5, 5.41) is 9.84. The number of benzene rings is 3. The second-order valence-corrected chi connectivity index (χ2v) is 10.1. The van der Waals surface area contributed by atoms with E-state index >= 15 is 0 Å². The van der Waals surface area contributed by atoms with Crippen LogP contribution in [0.15, 0.2) is 76.4 Å². The lowest BCUT2D eigenvalue weighted by Gasteiger charge is -2.31. The highest BCUT2D eigenvalue weighted by atomic mass is 79.9. The molecule has 6 nitrogen and oxygen atoms in total. The molecule has 192 valence electrons. The lowest BCUT2D eigenvalue weighted by atomic mass is 9.94. The van der Waals surface area contributed by atoms with E-state index < -0.39 is 6.04 Å². The molecular weight excluding hydrogens is 550 g/mol. The van der Waals surface area contributed by atoms with Crippen molar-refractivity contribution in [2.75, 3.05) is 11.9 Å². The zero-order valence-corrected chi connectivity index (χ0v) is 23.7. The summed E-state index contributed by atoms with van der Waals surface area (Å²) in [4.78, 5) is 13.5. The Labute approximate surface area is 231 Å². The summed E-state index contributed by atoms with van der Waals surface area (Å²) in [6.45, 7) is 8.71. The lowest BCUT2D eigenvalue weighted by Crippen LogP contribution is -2.45. The molecule has 0 aromatic heterocycles. The van der Waals surface area contributed by atoms with Crippen molar-refractivity contribution in [2.24, 2.45) is 0 Å². The van der Waals surface area contributed by atoms with Crippen LogP contribution in [0.1, 0.15) is 42.1 Å². The summed E-state index contributed by atoms with van der Waals surface area (Å²) in [6.07, 6.45) is 0. The van der Waals surface area contributed by atoms with Crippen molar-refractivity contribution in [3.8, 4) is 11.5 Å². The van der Waals surface area contributed by atoms with Gasteiger partial charge in [0, 0.05) is 15.9 Å². The molecule has 0 spiro atoms. The summed E-state index contributed by atoms with van der Waals surface area (Å²) in [6, 6.07) is 19.1. The van der Waals surface area contributed by atoms with E-state index in [9.17, 15) is 4.79 Å². The van der Waals surface area contributed by atoms with E-state index in [4.69, 9.17) is 21.7 Å². The first kappa shape index (κ1) is 26.7. The van der Waals surface area contributed by atoms with E-state index in [0.29, 0.717) is 41.1 Å². The fraction of sp³-hybridized carbons (Fsp3) is 0.241. The Morgan fingerprint density at radius 1 is 1.00 bits per heavy atom. The maximum atomic E-state index is 13.5. The van der Waals surface area contributed by atoms with Crippen molar-refractivity contribution < 1.29 is 14.3 Å². The fourth-order valence-electron chi connectivity index (χ4n) is 4.13. The minimum absolute atomic E-state index is 0.220. The molecule has 0 fully saturated rings. The number of nitrogens with one attached hydrogen (secondary N) is 3. The van der Waals surface area contributed by atoms with Crippen LogP contribution < -0.4 is 25.4 Å². The number of carbonyl (C=O) groups is 1. The second-order valence-electron chi connectivity index (χ2n) is 8.85. The predicted molar refractivity (Wildman–Crippen MR) is 155 cm³/mol. The monoisotopic (exact) mass is 579 g/mol. The number of ether oxygens (including phenoxy) is 2. The Hall–Kier alpha value is -3.36. The van der Waals surface area contributed by atoms with Crippen LogP contribution in [-0.2, 0) is 11.4 Å². The molecule has 1 heterocycles. The van der Waals surface area contributed by atoms with Crippen LogP contribution in [0.5, 0.6) is 11.5 Å². The third kappa shape index (κ3) is 6.32. The van der Waals surface area contributed by atoms with Crippen LogP contribution in [-0.4, -0.2) is 17.6 Å². The lowest BCUT2D eigenvalue weighted by molar-refractivity contribution is -0.113. The van der Waals surface area contributed by atoms with Crippen molar-refractivity contribution in [3.63, 3.8) is 0 Å². The van der Waals surface area contributed by atoms with Crippen molar-refractivity contribution in [1.82, 2.24) is 10.6 Å². The summed E-state index contributed by atoms with van der Waals surface area (Å²) in [5.74, 6) is 0.983. The normalized spacial score (nSPS) is 15.1. The van der Waals surface area contributed by atoms with Crippen molar-refractivity contribution in [1.29, 1.82) is 0 Å². The van der Waals surface area contributed by atoms with Gasteiger partial charge in [0.25, 0.3) is 5.91 Å². The van der Waals surface area contributed by atoms with Gasteiger partial charge in [0.15, 0.2) is 16.6 Å². The van der Waals surface area contributed by atoms with Gasteiger partial charge in [-0.05, 0) is 86.4 Å². The topological polar surface area (TPSA) is 71.6 Å². The highest BCUT2D eigenvalue weighted by Gasteiger charge is 2.32. The number of aryl methyl sites for hydroxylation is 2. The maximum Gasteiger partial charge on any atom is 0.255 e. The van der Waals surface area contributed by atoms with E-state index in [2.05, 4.69) is 31.9 Å². The molecular formula is C29H30BrN3O3S. The fourth-order valence-corrected chi connectivity index (χ4v) is 4.96. The van der Waals surface area contributed by atoms with Crippen LogP contribution in [0, 0.1) is 13.8 Å². The first-order valence-electron chi connectivity index (χ1n) is 12.1. The van der Waals surface area contributed by atoms with Gasteiger partial charge in [-0.15, -0.1) is 0 Å². The Bertz CT molecular complexity index is 1360. The SMILES string of the molecule is CCOc1cc([C@H]2NC(=S)NC(C)=C2C(=O)Nc2ccc(C)c(C)c2)c(Br)cc1OCc1ccccc1. The zero-order chi connectivity index (χ0) is 26.5. The highest BCUT2D eigenvalue weighted by molar-refractivity contribution is 9.10. The molecule has 0 saturated heterocycles. The van der Waals surface area contributed by atoms with Crippen molar-refractivity contribution in [3.05, 3.63) is 98.7 Å². The smallest absolute Gasteiger partial charge is 0.255 e. The molecule has 1 aliphatic rings. The number of hydrogen-bond acceptors (Lipinski definition) is 4. The summed E-state index contributed by atoms with van der Waals surface area (Å²) >= 11 is 9.15. The van der Waals surface area contributed by atoms with E-state index in [1.54, 1.807) is 0 Å². The molecule has 1 atom stereocenters. The molecule has 1 aliphatic heterocycles. The number of carbonyl (C=O) groups excluding carboxylic acids is 1. The molecule has 8 heteroatoms. The minimum atomic E-state index is -0.503. The number of thiocarbonyl (C=S) groups is 1. The predicted octanol–water partition coefficient (Wildman–Crippen LogP) is 6.48. The van der Waals surface area contributed by atoms with Gasteiger partial charge >= 0.3 is 0 Å². The largest absolute Gasteiger partial charge is 0.490 e. The van der Waals surface area contributed by atoms with E-state index in [-0.39, 0.29) is 5.91 Å². The van der Waals surface area contributed by atoms with Crippen molar-refractivity contribution >= 4 is 44.9 Å². The number of amides is 1. The summed E-state index contributed by atoms with van der Waals surface area (Å²) < 4.78 is 12.8. The van der Waals surface area contributed by atoms with Gasteiger partial charge in [0.05, 0.1) is 18.2 Å². The number of halogens is 1. The average Bonchev–Trinajstić information content (AvgIpc) is 2.86. The molecule has 4 rings (SSSR count). The number of anilines is 1. The molecule has 1 amide bonds. The number of hydrogen-bond donors (Lipinski definition) is 3. The molecule has 0 bridgehead atoms. The van der Waals surface area contributed by atoms with Gasteiger partial charge in [0.2, 0.25) is 0 Å². The van der Waals surface area contributed by atoms with Crippen LogP contribution in [0.2, 0.25) is 0 Å². The van der Waals surface area contributed by atoms with Gasteiger partial charge in [-0.2, -0.15) is 0 Å². The number of allylic oxidation sites excluding steroid dienone is 1. The maximum absolute atomic E-state index is 13.5. The first-order chi connectivity index (χ1) is 17.8. The van der Waals surface area contributed by atoms with Crippen molar-refractivity contribution in [2.45, 2.75) is 40.3 Å². The molecule has 0 radical (unpaired) electrons. The molecule has 37 heavy (non-hydrogen) atoms. The van der Waals surface area contributed by atoms with Crippen LogP contribution in [0.4, 0.5) is 5.69 Å². The van der Waals surface area contributed by atoms with Gasteiger partial charge in [-0.25, -0.2) is 0 Å². The van der Waals surface area contributed by atoms with Crippen LogP contribution in [0.3, 0.4) is 0 Å². The molecule has 3 aromatic rings. The van der Waals surface area contributed by atoms with Crippen LogP contribution >= 0.6 is 28.1 Å². The Morgan fingerprint density at radius 2 is 1.73 bits per heavy atom. The molecule has 0 aliphatic carbocycles. The van der Waals surface area contributed by atoms with Gasteiger partial charge in [0.1, 0.15) is 6.61 Å². The quantitative estimate of drug-likeness (QED) is 0.265. The molecule has 3 N–H and O–H groups in total.